The predicted octanol–water partition coefficient (Wildman–Crippen LogP) is 3.19. The summed E-state index contributed by atoms with van der Waals surface area (Å²) >= 11 is 1.22. The number of nitrogens with one attached hydrogen (secondary N) is 1. The normalized spacial score (nSPS) is 15.6. The molecule has 7 nitrogen and oxygen atoms in total. The zero-order valence-electron chi connectivity index (χ0n) is 16.0. The van der Waals surface area contributed by atoms with Crippen LogP contribution in [0.25, 0.3) is 11.1 Å². The predicted molar refractivity (Wildman–Crippen MR) is 111 cm³/mol. The topological polar surface area (TPSA) is 92.5 Å². The summed E-state index contributed by atoms with van der Waals surface area (Å²) in [6.07, 6.45) is 2.01. The number of fused-ring (bicyclic) bond motifs is 1. The van der Waals surface area contributed by atoms with Gasteiger partial charge >= 0.3 is 0 Å². The fourth-order valence-corrected chi connectivity index (χ4v) is 4.69. The number of thioether (sulfide) groups is 1. The van der Waals surface area contributed by atoms with Crippen molar-refractivity contribution in [2.45, 2.75) is 34.3 Å². The van der Waals surface area contributed by atoms with Gasteiger partial charge in [0, 0.05) is 20.1 Å². The number of hydrogen-bond donors (Lipinski definition) is 1. The van der Waals surface area contributed by atoms with Crippen LogP contribution in [0, 0.1) is 0 Å². The number of hydrogen-bond acceptors (Lipinski definition) is 6. The SMILES string of the molecule is CN(C)S(=O)(=O)c1ccc2oc(SC(C(=O)NC3CC3)c3ccccc3)nc2c1. The smallest absolute Gasteiger partial charge is 0.257 e. The minimum Gasteiger partial charge on any atom is -0.431 e. The van der Waals surface area contributed by atoms with Crippen molar-refractivity contribution >= 4 is 38.8 Å². The Balaban J connectivity index is 1.64. The van der Waals surface area contributed by atoms with Gasteiger partial charge in [-0.3, -0.25) is 4.79 Å². The summed E-state index contributed by atoms with van der Waals surface area (Å²) in [4.78, 5) is 17.4. The first-order valence-corrected chi connectivity index (χ1v) is 11.5. The maximum atomic E-state index is 12.8. The third kappa shape index (κ3) is 4.31. The lowest BCUT2D eigenvalue weighted by molar-refractivity contribution is -0.120. The number of amides is 1. The Morgan fingerprint density at radius 3 is 2.59 bits per heavy atom. The van der Waals surface area contributed by atoms with E-state index in [-0.39, 0.29) is 16.8 Å². The van der Waals surface area contributed by atoms with Gasteiger partial charge in [-0.15, -0.1) is 0 Å². The van der Waals surface area contributed by atoms with Crippen molar-refractivity contribution in [3.63, 3.8) is 0 Å². The maximum absolute atomic E-state index is 12.8. The van der Waals surface area contributed by atoms with Crippen LogP contribution in [0.4, 0.5) is 0 Å². The van der Waals surface area contributed by atoms with Crippen molar-refractivity contribution in [2.75, 3.05) is 14.1 Å². The monoisotopic (exact) mass is 431 g/mol. The van der Waals surface area contributed by atoms with E-state index in [1.54, 1.807) is 6.07 Å². The van der Waals surface area contributed by atoms with Gasteiger partial charge in [0.05, 0.1) is 4.90 Å². The molecule has 1 N–H and O–H groups in total. The molecule has 1 fully saturated rings. The summed E-state index contributed by atoms with van der Waals surface area (Å²) in [7, 11) is -0.607. The fraction of sp³-hybridized carbons (Fsp3) is 0.300. The van der Waals surface area contributed by atoms with E-state index in [1.165, 1.54) is 38.0 Å². The van der Waals surface area contributed by atoms with Gasteiger partial charge in [-0.25, -0.2) is 17.7 Å². The minimum absolute atomic E-state index is 0.0816. The summed E-state index contributed by atoms with van der Waals surface area (Å²) in [6.45, 7) is 0. The van der Waals surface area contributed by atoms with Crippen LogP contribution in [0.5, 0.6) is 0 Å². The Morgan fingerprint density at radius 1 is 1.21 bits per heavy atom. The molecule has 0 saturated heterocycles. The van der Waals surface area contributed by atoms with Crippen molar-refractivity contribution in [1.82, 2.24) is 14.6 Å². The van der Waals surface area contributed by atoms with Gasteiger partial charge in [0.15, 0.2) is 5.58 Å². The summed E-state index contributed by atoms with van der Waals surface area (Å²) < 4.78 is 31.6. The van der Waals surface area contributed by atoms with E-state index in [0.717, 1.165) is 22.7 Å². The number of carbonyl (C=O) groups excluding carboxylic acids is 1. The van der Waals surface area contributed by atoms with Crippen LogP contribution < -0.4 is 5.32 Å². The van der Waals surface area contributed by atoms with E-state index in [4.69, 9.17) is 4.42 Å². The van der Waals surface area contributed by atoms with Crippen molar-refractivity contribution in [3.8, 4) is 0 Å². The lowest BCUT2D eigenvalue weighted by Crippen LogP contribution is -2.29. The van der Waals surface area contributed by atoms with E-state index >= 15 is 0 Å². The molecule has 3 aromatic rings. The fourth-order valence-electron chi connectivity index (χ4n) is 2.81. The van der Waals surface area contributed by atoms with Gasteiger partial charge < -0.3 is 9.73 Å². The van der Waals surface area contributed by atoms with Gasteiger partial charge in [0.1, 0.15) is 10.8 Å². The van der Waals surface area contributed by atoms with Gasteiger partial charge in [-0.05, 0) is 48.4 Å². The molecule has 1 aliphatic rings. The molecule has 0 aliphatic heterocycles. The molecular weight excluding hydrogens is 410 g/mol. The molecule has 1 amide bonds. The largest absolute Gasteiger partial charge is 0.431 e. The maximum Gasteiger partial charge on any atom is 0.257 e. The van der Waals surface area contributed by atoms with Crippen LogP contribution in [0.15, 0.2) is 63.1 Å². The van der Waals surface area contributed by atoms with Crippen molar-refractivity contribution in [3.05, 3.63) is 54.1 Å². The minimum atomic E-state index is -3.56. The molecule has 4 rings (SSSR count). The van der Waals surface area contributed by atoms with Gasteiger partial charge in [0.2, 0.25) is 15.9 Å². The zero-order valence-corrected chi connectivity index (χ0v) is 17.7. The van der Waals surface area contributed by atoms with Crippen LogP contribution in [-0.4, -0.2) is 43.8 Å². The number of benzene rings is 2. The van der Waals surface area contributed by atoms with Crippen LogP contribution in [0.1, 0.15) is 23.7 Å². The quantitative estimate of drug-likeness (QED) is 0.578. The highest BCUT2D eigenvalue weighted by molar-refractivity contribution is 8.00. The molecule has 1 aromatic heterocycles. The summed E-state index contributed by atoms with van der Waals surface area (Å²) in [5, 5.41) is 2.85. The first-order valence-electron chi connectivity index (χ1n) is 9.20. The Kier molecular flexibility index (Phi) is 5.37. The van der Waals surface area contributed by atoms with Gasteiger partial charge in [-0.1, -0.05) is 30.3 Å². The molecular formula is C20H21N3O4S2. The van der Waals surface area contributed by atoms with Gasteiger partial charge in [0.25, 0.3) is 5.22 Å². The van der Waals surface area contributed by atoms with E-state index in [0.29, 0.717) is 16.3 Å². The molecule has 1 aliphatic carbocycles. The zero-order chi connectivity index (χ0) is 20.6. The molecule has 152 valence electrons. The second kappa shape index (κ2) is 7.81. The highest BCUT2D eigenvalue weighted by atomic mass is 32.2. The third-order valence-electron chi connectivity index (χ3n) is 4.60. The van der Waals surface area contributed by atoms with Crippen LogP contribution in [0.3, 0.4) is 0 Å². The molecule has 2 aromatic carbocycles. The Labute approximate surface area is 173 Å². The van der Waals surface area contributed by atoms with E-state index in [9.17, 15) is 13.2 Å². The van der Waals surface area contributed by atoms with Crippen LogP contribution in [0.2, 0.25) is 0 Å². The highest BCUT2D eigenvalue weighted by Crippen LogP contribution is 2.37. The number of aromatic nitrogens is 1. The molecule has 1 heterocycles. The third-order valence-corrected chi connectivity index (χ3v) is 7.51. The molecule has 0 spiro atoms. The van der Waals surface area contributed by atoms with Crippen molar-refractivity contribution < 1.29 is 17.6 Å². The number of nitrogens with zero attached hydrogens (tertiary/aromatic N) is 2. The summed E-state index contributed by atoms with van der Waals surface area (Å²) in [5.41, 5.74) is 1.76. The van der Waals surface area contributed by atoms with Crippen molar-refractivity contribution in [2.24, 2.45) is 0 Å². The van der Waals surface area contributed by atoms with E-state index in [2.05, 4.69) is 10.3 Å². The Hall–Kier alpha value is -2.36. The number of oxazole rings is 1. The van der Waals surface area contributed by atoms with Crippen molar-refractivity contribution in [1.29, 1.82) is 0 Å². The molecule has 1 saturated carbocycles. The Bertz CT molecular complexity index is 1140. The molecule has 0 bridgehead atoms. The lowest BCUT2D eigenvalue weighted by Gasteiger charge is -2.14. The molecule has 1 atom stereocenters. The lowest BCUT2D eigenvalue weighted by atomic mass is 10.1. The average Bonchev–Trinajstić information content (AvgIpc) is 3.42. The number of sulfonamides is 1. The second-order valence-electron chi connectivity index (χ2n) is 7.09. The number of carbonyl (C=O) groups is 1. The van der Waals surface area contributed by atoms with Gasteiger partial charge in [-0.2, -0.15) is 0 Å². The summed E-state index contributed by atoms with van der Waals surface area (Å²) in [5.74, 6) is -0.0816. The first kappa shape index (κ1) is 19.9. The standard InChI is InChI=1S/C20H21N3O4S2/c1-23(2)29(25,26)15-10-11-17-16(12-15)22-20(27-17)28-18(13-6-4-3-5-7-13)19(24)21-14-8-9-14/h3-7,10-12,14,18H,8-9H2,1-2H3,(H,21,24). The average molecular weight is 432 g/mol. The molecule has 1 unspecified atom stereocenters. The van der Waals surface area contributed by atoms with E-state index < -0.39 is 15.3 Å². The van der Waals surface area contributed by atoms with E-state index in [1.807, 2.05) is 30.3 Å². The van der Waals surface area contributed by atoms with Crippen LogP contribution >= 0.6 is 11.8 Å². The molecule has 9 heteroatoms. The number of rotatable bonds is 7. The molecule has 29 heavy (non-hydrogen) atoms. The Morgan fingerprint density at radius 2 is 1.93 bits per heavy atom. The second-order valence-corrected chi connectivity index (χ2v) is 10.3. The highest BCUT2D eigenvalue weighted by Gasteiger charge is 2.30. The van der Waals surface area contributed by atoms with Crippen LogP contribution in [-0.2, 0) is 14.8 Å². The molecule has 0 radical (unpaired) electrons. The summed E-state index contributed by atoms with van der Waals surface area (Å²) in [6, 6.07) is 14.3. The first-order chi connectivity index (χ1) is 13.8.